The molecule has 9 aromatic rings. The van der Waals surface area contributed by atoms with Crippen LogP contribution in [-0.4, -0.2) is 21.0 Å². The molecule has 0 saturated heterocycles. The van der Waals surface area contributed by atoms with Gasteiger partial charge in [-0.2, -0.15) is 0 Å². The van der Waals surface area contributed by atoms with Crippen molar-refractivity contribution in [2.24, 2.45) is 0 Å². The number of aliphatic hydroxyl groups is 1. The van der Waals surface area contributed by atoms with Crippen LogP contribution in [0.25, 0.3) is 90.1 Å². The molecule has 1 N–H and O–H groups in total. The Balaban J connectivity index is 0.00000705. The van der Waals surface area contributed by atoms with E-state index in [1.54, 1.807) is 12.1 Å². The Kier molecular flexibility index (Phi) is 13.8. The second-order valence-electron chi connectivity index (χ2n) is 26.0. The number of aromatic nitrogens is 4. The number of benzene rings is 6. The minimum atomic E-state index is -1.92. The maximum Gasteiger partial charge on any atom is 2.00 e. The van der Waals surface area contributed by atoms with Crippen molar-refractivity contribution in [3.63, 3.8) is 0 Å². The smallest absolute Gasteiger partial charge is 0.657 e. The normalized spacial score (nSPS) is 15.0. The van der Waals surface area contributed by atoms with Crippen LogP contribution in [-0.2, 0) is 48.5 Å². The largest absolute Gasteiger partial charge is 2.00 e. The molecule has 8 bridgehead atoms. The quantitative estimate of drug-likeness (QED) is 0.131. The SMILES string of the molecule is CC(C)(C)c1ccc(-c2c3nc(c(-c4ccc(C(C)(C)C)cc4)c4ccc([n-]4)c4c5nc(c(-c6ccc(C(C)(C)C)cc6)c6ccc2[n-]6)C(OC(=O)c2ccccc2)=C5C(O)(c2ccccc2)c2cc(C(C)(C)C)ccc2-4)C=C3)cc1.[Ni+2]. The Morgan fingerprint density at radius 3 is 1.30 bits per heavy atom. The van der Waals surface area contributed by atoms with Crippen LogP contribution in [0.15, 0.2) is 176 Å². The topological polar surface area (TPSA) is 101 Å². The van der Waals surface area contributed by atoms with Gasteiger partial charge in [-0.25, -0.2) is 14.8 Å². The van der Waals surface area contributed by atoms with Gasteiger partial charge in [0.05, 0.1) is 28.2 Å². The molecular weight excluding hydrogens is 1050 g/mol. The molecule has 82 heavy (non-hydrogen) atoms. The van der Waals surface area contributed by atoms with Gasteiger partial charge < -0.3 is 19.8 Å². The van der Waals surface area contributed by atoms with Crippen molar-refractivity contribution in [3.05, 3.63) is 238 Å². The molecule has 3 aliphatic rings. The Morgan fingerprint density at radius 1 is 0.451 bits per heavy atom. The summed E-state index contributed by atoms with van der Waals surface area (Å²) in [5.41, 5.74) is 15.4. The second-order valence-corrected chi connectivity index (χ2v) is 26.0. The van der Waals surface area contributed by atoms with E-state index in [1.165, 1.54) is 11.1 Å². The third-order valence-corrected chi connectivity index (χ3v) is 16.3. The minimum absolute atomic E-state index is 0. The monoisotopic (exact) mass is 1120 g/mol. The molecule has 6 aromatic carbocycles. The molecule has 0 saturated carbocycles. The molecule has 1 atom stereocenters. The van der Waals surface area contributed by atoms with Gasteiger partial charge >= 0.3 is 22.5 Å². The molecule has 3 aromatic heterocycles. The first-order chi connectivity index (χ1) is 38.5. The summed E-state index contributed by atoms with van der Waals surface area (Å²) >= 11 is 0. The van der Waals surface area contributed by atoms with Crippen molar-refractivity contribution in [1.29, 1.82) is 0 Å². The zero-order valence-corrected chi connectivity index (χ0v) is 49.8. The average Bonchev–Trinajstić information content (AvgIpc) is 1.65. The summed E-state index contributed by atoms with van der Waals surface area (Å²) < 4.78 is 6.97. The molecular formula is C74H68N4NiO3. The molecule has 7 nitrogen and oxygen atoms in total. The second kappa shape index (κ2) is 20.4. The van der Waals surface area contributed by atoms with E-state index >= 15 is 4.79 Å². The van der Waals surface area contributed by atoms with Gasteiger partial charge in [0.15, 0.2) is 5.76 Å². The van der Waals surface area contributed by atoms with Gasteiger partial charge in [0.25, 0.3) is 0 Å². The summed E-state index contributed by atoms with van der Waals surface area (Å²) in [5.74, 6) is -0.472. The van der Waals surface area contributed by atoms with Gasteiger partial charge in [0.1, 0.15) is 11.3 Å². The van der Waals surface area contributed by atoms with E-state index in [0.717, 1.165) is 61.4 Å². The van der Waals surface area contributed by atoms with Gasteiger partial charge in [-0.1, -0.05) is 247 Å². The summed E-state index contributed by atoms with van der Waals surface area (Å²) in [4.78, 5) is 37.7. The van der Waals surface area contributed by atoms with Crippen LogP contribution in [0.1, 0.15) is 150 Å². The number of hydrogen-bond donors (Lipinski definition) is 1. The van der Waals surface area contributed by atoms with E-state index in [1.807, 2.05) is 60.7 Å². The Labute approximate surface area is 492 Å². The van der Waals surface area contributed by atoms with Crippen LogP contribution >= 0.6 is 0 Å². The minimum Gasteiger partial charge on any atom is -0.657 e. The molecule has 2 aliphatic heterocycles. The number of carbonyl (C=O) groups excluding carboxylic acids is 1. The van der Waals surface area contributed by atoms with Crippen molar-refractivity contribution in [2.75, 3.05) is 0 Å². The Hall–Kier alpha value is -8.16. The standard InChI is InChI=1S/C74H68N4O3.Ni/c1-70(2,3)48-29-23-44(24-30-48)61-55-37-38-56(75-55)62(45-25-31-49(32-26-45)71(4,5)6)58-40-42-60(77-58)64-53-36-35-52(73(10,11)12)43-54(53)74(80,51-21-17-14-18-22-51)65-66(64)78-67(68(65)81-69(79)47-19-15-13-16-20-47)63(59-41-39-57(61)76-59)46-27-33-50(34-28-46)72(7,8)9;/h13-43,80H,1-12H3;/q-2;+2. The zero-order valence-electron chi connectivity index (χ0n) is 48.8. The predicted octanol–water partition coefficient (Wildman–Crippen LogP) is 17.6. The van der Waals surface area contributed by atoms with Crippen LogP contribution < -0.4 is 9.97 Å². The number of nitrogens with zero attached hydrogens (tertiary/aromatic N) is 4. The molecule has 412 valence electrons. The number of hydrogen-bond acceptors (Lipinski definition) is 5. The number of ether oxygens (including phenoxy) is 1. The third-order valence-electron chi connectivity index (χ3n) is 16.3. The summed E-state index contributed by atoms with van der Waals surface area (Å²) in [6, 6.07) is 59.2. The average molecular weight is 1120 g/mol. The van der Waals surface area contributed by atoms with Crippen LogP contribution in [0.3, 0.4) is 0 Å². The van der Waals surface area contributed by atoms with Crippen molar-refractivity contribution in [1.82, 2.24) is 19.9 Å². The first-order valence-electron chi connectivity index (χ1n) is 28.1. The maximum absolute atomic E-state index is 15.1. The molecule has 0 fully saturated rings. The fourth-order valence-corrected chi connectivity index (χ4v) is 11.6. The van der Waals surface area contributed by atoms with E-state index < -0.39 is 11.6 Å². The van der Waals surface area contributed by atoms with Crippen LogP contribution in [0.2, 0.25) is 0 Å². The Bertz CT molecular complexity index is 4210. The molecule has 1 unspecified atom stereocenters. The van der Waals surface area contributed by atoms with Gasteiger partial charge in [-0.15, -0.1) is 22.1 Å². The summed E-state index contributed by atoms with van der Waals surface area (Å²) in [6.45, 7) is 26.5. The number of esters is 1. The fourth-order valence-electron chi connectivity index (χ4n) is 11.6. The number of fused-ring (bicyclic) bond motifs is 10. The zero-order chi connectivity index (χ0) is 57.0. The van der Waals surface area contributed by atoms with Crippen molar-refractivity contribution in [3.8, 4) is 44.5 Å². The van der Waals surface area contributed by atoms with Crippen LogP contribution in [0.5, 0.6) is 0 Å². The summed E-state index contributed by atoms with van der Waals surface area (Å²) in [6.07, 6.45) is 4.20. The molecule has 5 heterocycles. The van der Waals surface area contributed by atoms with E-state index in [2.05, 4.69) is 198 Å². The number of carbonyl (C=O) groups is 1. The first-order valence-corrected chi connectivity index (χ1v) is 28.1. The van der Waals surface area contributed by atoms with E-state index in [9.17, 15) is 5.11 Å². The molecule has 1 aliphatic carbocycles. The van der Waals surface area contributed by atoms with Crippen LogP contribution in [0.4, 0.5) is 0 Å². The maximum atomic E-state index is 15.1. The van der Waals surface area contributed by atoms with Crippen molar-refractivity contribution >= 4 is 51.5 Å². The van der Waals surface area contributed by atoms with Crippen LogP contribution in [0, 0.1) is 0 Å². The van der Waals surface area contributed by atoms with Crippen molar-refractivity contribution < 1.29 is 31.1 Å². The Morgan fingerprint density at radius 2 is 0.854 bits per heavy atom. The summed E-state index contributed by atoms with van der Waals surface area (Å²) in [7, 11) is 0. The van der Waals surface area contributed by atoms with E-state index in [0.29, 0.717) is 61.3 Å². The van der Waals surface area contributed by atoms with E-state index in [-0.39, 0.29) is 43.9 Å². The third kappa shape index (κ3) is 9.80. The van der Waals surface area contributed by atoms with Gasteiger partial charge in [0.2, 0.25) is 0 Å². The molecule has 0 spiro atoms. The molecule has 12 rings (SSSR count). The first kappa shape index (κ1) is 55.7. The molecule has 8 heteroatoms. The number of rotatable bonds is 6. The molecule has 0 radical (unpaired) electrons. The van der Waals surface area contributed by atoms with Gasteiger partial charge in [0, 0.05) is 5.56 Å². The fraction of sp³-hybridized carbons (Fsp3) is 0.230. The van der Waals surface area contributed by atoms with Gasteiger partial charge in [-0.3, -0.25) is 0 Å². The predicted molar refractivity (Wildman–Crippen MR) is 333 cm³/mol. The van der Waals surface area contributed by atoms with Gasteiger partial charge in [-0.05, 0) is 118 Å². The van der Waals surface area contributed by atoms with E-state index in [4.69, 9.17) is 24.7 Å². The van der Waals surface area contributed by atoms with Crippen molar-refractivity contribution in [2.45, 2.75) is 110 Å². The summed E-state index contributed by atoms with van der Waals surface area (Å²) in [5, 5.41) is 14.5. The molecule has 0 amide bonds.